The van der Waals surface area contributed by atoms with Crippen LogP contribution in [0.5, 0.6) is 0 Å². The number of nitro groups is 1. The molecule has 24 heavy (non-hydrogen) atoms. The van der Waals surface area contributed by atoms with Gasteiger partial charge in [-0.3, -0.25) is 10.1 Å². The van der Waals surface area contributed by atoms with Gasteiger partial charge in [0.25, 0.3) is 5.69 Å². The fourth-order valence-corrected chi connectivity index (χ4v) is 3.91. The number of rotatable bonds is 6. The van der Waals surface area contributed by atoms with E-state index in [2.05, 4.69) is 13.8 Å². The van der Waals surface area contributed by atoms with Crippen LogP contribution in [0.2, 0.25) is 0 Å². The highest BCUT2D eigenvalue weighted by atomic mass is 32.2. The third-order valence-corrected chi connectivity index (χ3v) is 5.51. The maximum absolute atomic E-state index is 11.8. The van der Waals surface area contributed by atoms with Gasteiger partial charge in [0, 0.05) is 25.2 Å². The monoisotopic (exact) mass is 355 g/mol. The predicted molar refractivity (Wildman–Crippen MR) is 93.5 cm³/mol. The van der Waals surface area contributed by atoms with Crippen molar-refractivity contribution in [3.63, 3.8) is 0 Å². The topological polar surface area (TPSA) is 107 Å². The van der Waals surface area contributed by atoms with E-state index in [9.17, 15) is 18.5 Å². The molecule has 2 N–H and O–H groups in total. The van der Waals surface area contributed by atoms with Gasteiger partial charge in [-0.05, 0) is 30.7 Å². The summed E-state index contributed by atoms with van der Waals surface area (Å²) in [5.41, 5.74) is 0.194. The summed E-state index contributed by atoms with van der Waals surface area (Å²) in [7, 11) is -4.02. The highest BCUT2D eigenvalue weighted by Crippen LogP contribution is 2.32. The molecule has 0 aromatic heterocycles. The van der Waals surface area contributed by atoms with Crippen molar-refractivity contribution < 1.29 is 13.3 Å². The zero-order valence-electron chi connectivity index (χ0n) is 14.1. The number of piperidine rings is 1. The predicted octanol–water partition coefficient (Wildman–Crippen LogP) is 2.89. The Bertz CT molecular complexity index is 695. The quantitative estimate of drug-likeness (QED) is 0.624. The Morgan fingerprint density at radius 3 is 2.46 bits per heavy atom. The Balaban J connectivity index is 2.17. The molecular weight excluding hydrogens is 330 g/mol. The number of nitrogens with zero attached hydrogens (tertiary/aromatic N) is 2. The first kappa shape index (κ1) is 18.7. The van der Waals surface area contributed by atoms with Gasteiger partial charge >= 0.3 is 0 Å². The van der Waals surface area contributed by atoms with Crippen molar-refractivity contribution in [3.05, 3.63) is 28.3 Å². The van der Waals surface area contributed by atoms with Crippen molar-refractivity contribution in [1.82, 2.24) is 0 Å². The fourth-order valence-electron chi connectivity index (χ4n) is 3.14. The number of sulfonamides is 1. The Morgan fingerprint density at radius 2 is 1.96 bits per heavy atom. The standard InChI is InChI=1S/C16H25N3O4S/c1-12(2)3-4-13-7-9-18(10-8-13)15-6-5-14(19(20)21)11-16(15)24(17,22)23/h5-6,11-13H,3-4,7-10H2,1-2H3,(H2,17,22,23). The van der Waals surface area contributed by atoms with Gasteiger partial charge in [0.1, 0.15) is 4.90 Å². The van der Waals surface area contributed by atoms with Crippen molar-refractivity contribution in [2.24, 2.45) is 17.0 Å². The lowest BCUT2D eigenvalue weighted by Crippen LogP contribution is -2.35. The molecule has 1 heterocycles. The summed E-state index contributed by atoms with van der Waals surface area (Å²) < 4.78 is 23.7. The Kier molecular flexibility index (Phi) is 5.82. The van der Waals surface area contributed by atoms with E-state index in [0.29, 0.717) is 17.5 Å². The molecule has 1 aliphatic heterocycles. The van der Waals surface area contributed by atoms with Gasteiger partial charge in [-0.15, -0.1) is 0 Å². The van der Waals surface area contributed by atoms with E-state index in [1.807, 2.05) is 4.90 Å². The van der Waals surface area contributed by atoms with Gasteiger partial charge in [-0.2, -0.15) is 0 Å². The molecule has 0 spiro atoms. The van der Waals surface area contributed by atoms with E-state index >= 15 is 0 Å². The summed E-state index contributed by atoms with van der Waals surface area (Å²) in [6, 6.07) is 3.87. The Labute approximate surface area is 143 Å². The number of benzene rings is 1. The first-order valence-corrected chi connectivity index (χ1v) is 9.79. The van der Waals surface area contributed by atoms with Crippen LogP contribution in [0.3, 0.4) is 0 Å². The molecule has 0 atom stereocenters. The van der Waals surface area contributed by atoms with Crippen molar-refractivity contribution >= 4 is 21.4 Å². The number of primary sulfonamides is 1. The van der Waals surface area contributed by atoms with Crippen molar-refractivity contribution in [2.45, 2.75) is 44.4 Å². The molecular formula is C16H25N3O4S. The summed E-state index contributed by atoms with van der Waals surface area (Å²) >= 11 is 0. The molecule has 0 amide bonds. The third kappa shape index (κ3) is 4.67. The van der Waals surface area contributed by atoms with Gasteiger partial charge in [0.2, 0.25) is 10.0 Å². The van der Waals surface area contributed by atoms with E-state index in [1.54, 1.807) is 0 Å². The van der Waals surface area contributed by atoms with Crippen LogP contribution in [-0.4, -0.2) is 26.4 Å². The van der Waals surface area contributed by atoms with Crippen LogP contribution < -0.4 is 10.0 Å². The highest BCUT2D eigenvalue weighted by Gasteiger charge is 2.26. The normalized spacial score (nSPS) is 16.6. The van der Waals surface area contributed by atoms with E-state index in [1.165, 1.54) is 25.0 Å². The van der Waals surface area contributed by atoms with E-state index < -0.39 is 14.9 Å². The average molecular weight is 355 g/mol. The molecule has 0 bridgehead atoms. The maximum atomic E-state index is 11.8. The summed E-state index contributed by atoms with van der Waals surface area (Å²) in [5.74, 6) is 1.34. The van der Waals surface area contributed by atoms with Crippen molar-refractivity contribution in [2.75, 3.05) is 18.0 Å². The summed E-state index contributed by atoms with van der Waals surface area (Å²) in [5, 5.41) is 16.2. The number of nitro benzene ring substituents is 1. The molecule has 1 saturated heterocycles. The Hall–Kier alpha value is -1.67. The SMILES string of the molecule is CC(C)CCC1CCN(c2ccc([N+](=O)[O-])cc2S(N)(=O)=O)CC1. The molecule has 0 aliphatic carbocycles. The van der Waals surface area contributed by atoms with Crippen LogP contribution >= 0.6 is 0 Å². The van der Waals surface area contributed by atoms with Gasteiger partial charge in [-0.25, -0.2) is 13.6 Å². The van der Waals surface area contributed by atoms with Crippen LogP contribution in [0, 0.1) is 22.0 Å². The second-order valence-corrected chi connectivity index (χ2v) is 8.39. The molecule has 0 radical (unpaired) electrons. The molecule has 1 aromatic rings. The minimum absolute atomic E-state index is 0.169. The second-order valence-electron chi connectivity index (χ2n) is 6.86. The van der Waals surface area contributed by atoms with Gasteiger partial charge in [-0.1, -0.05) is 26.7 Å². The number of hydrogen-bond acceptors (Lipinski definition) is 5. The maximum Gasteiger partial charge on any atom is 0.270 e. The third-order valence-electron chi connectivity index (χ3n) is 4.57. The minimum atomic E-state index is -4.02. The molecule has 1 fully saturated rings. The number of nitrogens with two attached hydrogens (primary N) is 1. The average Bonchev–Trinajstić information content (AvgIpc) is 2.52. The fraction of sp³-hybridized carbons (Fsp3) is 0.625. The molecule has 1 aromatic carbocycles. The zero-order valence-corrected chi connectivity index (χ0v) is 15.0. The van der Waals surface area contributed by atoms with Gasteiger partial charge in [0.15, 0.2) is 0 Å². The van der Waals surface area contributed by atoms with Crippen molar-refractivity contribution in [1.29, 1.82) is 0 Å². The van der Waals surface area contributed by atoms with Crippen molar-refractivity contribution in [3.8, 4) is 0 Å². The highest BCUT2D eigenvalue weighted by molar-refractivity contribution is 7.89. The number of non-ortho nitro benzene ring substituents is 1. The first-order valence-electron chi connectivity index (χ1n) is 8.24. The van der Waals surface area contributed by atoms with Crippen LogP contribution in [0.15, 0.2) is 23.1 Å². The molecule has 0 unspecified atom stereocenters. The first-order chi connectivity index (χ1) is 11.2. The van der Waals surface area contributed by atoms with E-state index in [4.69, 9.17) is 5.14 Å². The van der Waals surface area contributed by atoms with E-state index in [0.717, 1.165) is 32.0 Å². The smallest absolute Gasteiger partial charge is 0.270 e. The molecule has 0 saturated carbocycles. The number of hydrogen-bond donors (Lipinski definition) is 1. The zero-order chi connectivity index (χ0) is 17.9. The lowest BCUT2D eigenvalue weighted by molar-refractivity contribution is -0.385. The summed E-state index contributed by atoms with van der Waals surface area (Å²) in [6.45, 7) is 5.90. The molecule has 134 valence electrons. The minimum Gasteiger partial charge on any atom is -0.370 e. The Morgan fingerprint density at radius 1 is 1.33 bits per heavy atom. The largest absolute Gasteiger partial charge is 0.370 e. The second kappa shape index (κ2) is 7.48. The van der Waals surface area contributed by atoms with Crippen LogP contribution in [0.4, 0.5) is 11.4 Å². The molecule has 2 rings (SSSR count). The summed E-state index contributed by atoms with van der Waals surface area (Å²) in [4.78, 5) is 12.1. The molecule has 7 nitrogen and oxygen atoms in total. The molecule has 1 aliphatic rings. The van der Waals surface area contributed by atoms with Crippen LogP contribution in [0.25, 0.3) is 0 Å². The summed E-state index contributed by atoms with van der Waals surface area (Å²) in [6.07, 6.45) is 4.37. The van der Waals surface area contributed by atoms with E-state index in [-0.39, 0.29) is 10.6 Å². The van der Waals surface area contributed by atoms with Crippen LogP contribution in [0.1, 0.15) is 39.5 Å². The number of anilines is 1. The van der Waals surface area contributed by atoms with Gasteiger partial charge in [0.05, 0.1) is 10.6 Å². The van der Waals surface area contributed by atoms with Gasteiger partial charge < -0.3 is 4.90 Å². The molecule has 8 heteroatoms. The lowest BCUT2D eigenvalue weighted by atomic mass is 9.89. The van der Waals surface area contributed by atoms with Crippen LogP contribution in [-0.2, 0) is 10.0 Å². The lowest BCUT2D eigenvalue weighted by Gasteiger charge is -2.34.